The van der Waals surface area contributed by atoms with Gasteiger partial charge in [-0.1, -0.05) is 29.3 Å². The maximum Gasteiger partial charge on any atom is 0.237 e. The molecule has 1 saturated heterocycles. The van der Waals surface area contributed by atoms with Gasteiger partial charge >= 0.3 is 0 Å². The van der Waals surface area contributed by atoms with Gasteiger partial charge in [-0.2, -0.15) is 0 Å². The van der Waals surface area contributed by atoms with Gasteiger partial charge in [0, 0.05) is 6.42 Å². The van der Waals surface area contributed by atoms with Gasteiger partial charge in [-0.05, 0) is 26.3 Å². The van der Waals surface area contributed by atoms with Gasteiger partial charge in [0.15, 0.2) is 0 Å². The highest BCUT2D eigenvalue weighted by Gasteiger charge is 2.43. The molecule has 1 atom stereocenters. The van der Waals surface area contributed by atoms with E-state index < -0.39 is 5.41 Å². The normalized spacial score (nSPS) is 24.7. The highest BCUT2D eigenvalue weighted by atomic mass is 16.2. The Labute approximate surface area is 94.9 Å². The second-order valence-corrected chi connectivity index (χ2v) is 4.76. The first-order valence-corrected chi connectivity index (χ1v) is 5.35. The van der Waals surface area contributed by atoms with Crippen molar-refractivity contribution in [2.75, 3.05) is 0 Å². The maximum absolute atomic E-state index is 11.8. The van der Waals surface area contributed by atoms with Gasteiger partial charge in [-0.3, -0.25) is 14.9 Å². The molecule has 1 aliphatic heterocycles. The zero-order chi connectivity index (χ0) is 11.9. The number of hydrogen-bond donors (Lipinski definition) is 1. The molecule has 1 aromatic carbocycles. The molecule has 1 heterocycles. The van der Waals surface area contributed by atoms with Crippen molar-refractivity contribution in [1.29, 1.82) is 0 Å². The standard InChI is InChI=1S/C13H15NO2/c1-8-4-9(2)6-10(5-8)13(3)7-11(15)14-12(13)16/h4-6H,7H2,1-3H3,(H,14,15,16). The van der Waals surface area contributed by atoms with Crippen molar-refractivity contribution in [1.82, 2.24) is 5.32 Å². The molecule has 1 aliphatic rings. The van der Waals surface area contributed by atoms with Crippen molar-refractivity contribution >= 4 is 11.8 Å². The first-order chi connectivity index (χ1) is 7.41. The molecule has 0 bridgehead atoms. The number of nitrogens with one attached hydrogen (secondary N) is 1. The van der Waals surface area contributed by atoms with Crippen LogP contribution in [0.25, 0.3) is 0 Å². The molecule has 16 heavy (non-hydrogen) atoms. The number of carbonyl (C=O) groups is 2. The summed E-state index contributed by atoms with van der Waals surface area (Å²) in [4.78, 5) is 23.1. The summed E-state index contributed by atoms with van der Waals surface area (Å²) in [6.07, 6.45) is 0.245. The van der Waals surface area contributed by atoms with Crippen LogP contribution in [0.3, 0.4) is 0 Å². The molecule has 2 amide bonds. The Bertz CT molecular complexity index is 459. The van der Waals surface area contributed by atoms with Crippen molar-refractivity contribution in [2.45, 2.75) is 32.6 Å². The highest BCUT2D eigenvalue weighted by molar-refractivity contribution is 6.08. The highest BCUT2D eigenvalue weighted by Crippen LogP contribution is 2.32. The summed E-state index contributed by atoms with van der Waals surface area (Å²) in [6.45, 7) is 5.81. The Morgan fingerprint density at radius 1 is 1.12 bits per heavy atom. The summed E-state index contributed by atoms with van der Waals surface area (Å²) in [5, 5.41) is 2.37. The number of carbonyl (C=O) groups excluding carboxylic acids is 2. The van der Waals surface area contributed by atoms with Crippen LogP contribution in [0.4, 0.5) is 0 Å². The Morgan fingerprint density at radius 2 is 1.69 bits per heavy atom. The van der Waals surface area contributed by atoms with Gasteiger partial charge in [-0.15, -0.1) is 0 Å². The number of amides is 2. The Hall–Kier alpha value is -1.64. The first kappa shape index (κ1) is 10.9. The summed E-state index contributed by atoms with van der Waals surface area (Å²) < 4.78 is 0. The molecule has 1 fully saturated rings. The average molecular weight is 217 g/mol. The van der Waals surface area contributed by atoms with Gasteiger partial charge < -0.3 is 0 Å². The van der Waals surface area contributed by atoms with Gasteiger partial charge in [0.05, 0.1) is 5.41 Å². The zero-order valence-corrected chi connectivity index (χ0v) is 9.76. The average Bonchev–Trinajstić information content (AvgIpc) is 2.40. The molecule has 0 aromatic heterocycles. The lowest BCUT2D eigenvalue weighted by Crippen LogP contribution is -2.32. The minimum atomic E-state index is -0.701. The van der Waals surface area contributed by atoms with Crippen molar-refractivity contribution in [3.8, 4) is 0 Å². The van der Waals surface area contributed by atoms with E-state index in [9.17, 15) is 9.59 Å². The number of aryl methyl sites for hydroxylation is 2. The minimum Gasteiger partial charge on any atom is -0.296 e. The Kier molecular flexibility index (Phi) is 2.34. The van der Waals surface area contributed by atoms with E-state index in [1.165, 1.54) is 0 Å². The molecule has 0 saturated carbocycles. The lowest BCUT2D eigenvalue weighted by molar-refractivity contribution is -0.126. The Balaban J connectivity index is 2.51. The van der Waals surface area contributed by atoms with E-state index in [1.807, 2.05) is 32.9 Å². The third-order valence-corrected chi connectivity index (χ3v) is 3.13. The molecular formula is C13H15NO2. The second-order valence-electron chi connectivity index (χ2n) is 4.76. The van der Waals surface area contributed by atoms with Crippen molar-refractivity contribution in [3.63, 3.8) is 0 Å². The predicted molar refractivity (Wildman–Crippen MR) is 61.0 cm³/mol. The summed E-state index contributed by atoms with van der Waals surface area (Å²) in [5.74, 6) is -0.380. The lowest BCUT2D eigenvalue weighted by Gasteiger charge is -2.21. The molecular weight excluding hydrogens is 202 g/mol. The van der Waals surface area contributed by atoms with Crippen LogP contribution in [0.5, 0.6) is 0 Å². The molecule has 1 aromatic rings. The predicted octanol–water partition coefficient (Wildman–Crippen LogP) is 1.61. The van der Waals surface area contributed by atoms with Gasteiger partial charge in [0.1, 0.15) is 0 Å². The summed E-state index contributed by atoms with van der Waals surface area (Å²) in [7, 11) is 0. The molecule has 1 N–H and O–H groups in total. The van der Waals surface area contributed by atoms with Crippen LogP contribution in [0.2, 0.25) is 0 Å². The van der Waals surface area contributed by atoms with E-state index in [0.717, 1.165) is 16.7 Å². The maximum atomic E-state index is 11.8. The molecule has 0 spiro atoms. The Morgan fingerprint density at radius 3 is 2.12 bits per heavy atom. The van der Waals surface area contributed by atoms with Crippen LogP contribution in [0.15, 0.2) is 18.2 Å². The quantitative estimate of drug-likeness (QED) is 0.726. The van der Waals surface area contributed by atoms with Crippen molar-refractivity contribution in [3.05, 3.63) is 34.9 Å². The smallest absolute Gasteiger partial charge is 0.237 e. The van der Waals surface area contributed by atoms with Gasteiger partial charge in [0.25, 0.3) is 0 Å². The number of imide groups is 1. The zero-order valence-electron chi connectivity index (χ0n) is 9.76. The van der Waals surface area contributed by atoms with Crippen LogP contribution in [0.1, 0.15) is 30.0 Å². The first-order valence-electron chi connectivity index (χ1n) is 5.35. The monoisotopic (exact) mass is 217 g/mol. The molecule has 0 radical (unpaired) electrons. The summed E-state index contributed by atoms with van der Waals surface area (Å²) in [6, 6.07) is 6.01. The summed E-state index contributed by atoms with van der Waals surface area (Å²) >= 11 is 0. The van der Waals surface area contributed by atoms with Crippen LogP contribution < -0.4 is 5.32 Å². The fourth-order valence-electron chi connectivity index (χ4n) is 2.24. The summed E-state index contributed by atoms with van der Waals surface area (Å²) in [5.41, 5.74) is 2.45. The fourth-order valence-corrected chi connectivity index (χ4v) is 2.24. The van der Waals surface area contributed by atoms with E-state index in [4.69, 9.17) is 0 Å². The number of rotatable bonds is 1. The van der Waals surface area contributed by atoms with E-state index in [-0.39, 0.29) is 18.2 Å². The van der Waals surface area contributed by atoms with E-state index in [2.05, 4.69) is 11.4 Å². The van der Waals surface area contributed by atoms with E-state index in [1.54, 1.807) is 0 Å². The third-order valence-electron chi connectivity index (χ3n) is 3.13. The molecule has 0 aliphatic carbocycles. The minimum absolute atomic E-state index is 0.188. The molecule has 84 valence electrons. The fraction of sp³-hybridized carbons (Fsp3) is 0.385. The van der Waals surface area contributed by atoms with E-state index >= 15 is 0 Å². The SMILES string of the molecule is Cc1cc(C)cc(C2(C)CC(=O)NC2=O)c1. The topological polar surface area (TPSA) is 46.2 Å². The number of benzene rings is 1. The second kappa shape index (κ2) is 3.44. The van der Waals surface area contributed by atoms with Crippen LogP contribution >= 0.6 is 0 Å². The largest absolute Gasteiger partial charge is 0.296 e. The van der Waals surface area contributed by atoms with Crippen molar-refractivity contribution in [2.24, 2.45) is 0 Å². The lowest BCUT2D eigenvalue weighted by atomic mass is 9.80. The van der Waals surface area contributed by atoms with Crippen LogP contribution in [0, 0.1) is 13.8 Å². The van der Waals surface area contributed by atoms with Crippen LogP contribution in [-0.2, 0) is 15.0 Å². The van der Waals surface area contributed by atoms with Crippen molar-refractivity contribution < 1.29 is 9.59 Å². The molecule has 1 unspecified atom stereocenters. The third kappa shape index (κ3) is 1.62. The molecule has 3 nitrogen and oxygen atoms in total. The van der Waals surface area contributed by atoms with Crippen LogP contribution in [-0.4, -0.2) is 11.8 Å². The molecule has 3 heteroatoms. The van der Waals surface area contributed by atoms with Gasteiger partial charge in [0.2, 0.25) is 11.8 Å². The van der Waals surface area contributed by atoms with E-state index in [0.29, 0.717) is 0 Å². The number of hydrogen-bond acceptors (Lipinski definition) is 2. The van der Waals surface area contributed by atoms with Gasteiger partial charge in [-0.25, -0.2) is 0 Å². The molecule has 2 rings (SSSR count).